The van der Waals surface area contributed by atoms with Crippen molar-refractivity contribution in [3.05, 3.63) is 59.8 Å². The molecule has 0 amide bonds. The SMILES string of the molecule is CCOC(=O)c1[nH]c2ccc(OC)cc2c1CCNC(=S)Nc1ccccc1. The highest BCUT2D eigenvalue weighted by Gasteiger charge is 2.19. The van der Waals surface area contributed by atoms with E-state index < -0.39 is 0 Å². The number of benzene rings is 2. The fourth-order valence-electron chi connectivity index (χ4n) is 2.99. The molecule has 0 unspecified atom stereocenters. The van der Waals surface area contributed by atoms with Gasteiger partial charge in [-0.05, 0) is 61.5 Å². The number of carbonyl (C=O) groups is 1. The Morgan fingerprint density at radius 1 is 1.18 bits per heavy atom. The first-order valence-corrected chi connectivity index (χ1v) is 9.48. The van der Waals surface area contributed by atoms with E-state index in [9.17, 15) is 4.79 Å². The fourth-order valence-corrected chi connectivity index (χ4v) is 3.21. The molecule has 3 aromatic rings. The van der Waals surface area contributed by atoms with Gasteiger partial charge in [-0.2, -0.15) is 0 Å². The maximum Gasteiger partial charge on any atom is 0.355 e. The van der Waals surface area contributed by atoms with Crippen molar-refractivity contribution in [1.82, 2.24) is 10.3 Å². The van der Waals surface area contributed by atoms with Crippen molar-refractivity contribution in [3.63, 3.8) is 0 Å². The largest absolute Gasteiger partial charge is 0.497 e. The lowest BCUT2D eigenvalue weighted by molar-refractivity contribution is 0.0519. The van der Waals surface area contributed by atoms with Gasteiger partial charge in [0.05, 0.1) is 13.7 Å². The van der Waals surface area contributed by atoms with Crippen molar-refractivity contribution >= 4 is 39.9 Å². The topological polar surface area (TPSA) is 75.4 Å². The molecule has 0 saturated carbocycles. The summed E-state index contributed by atoms with van der Waals surface area (Å²) in [6.07, 6.45) is 0.595. The van der Waals surface area contributed by atoms with Gasteiger partial charge in [0.1, 0.15) is 11.4 Å². The molecule has 0 fully saturated rings. The first kappa shape index (κ1) is 19.7. The minimum absolute atomic E-state index is 0.320. The summed E-state index contributed by atoms with van der Waals surface area (Å²) < 4.78 is 10.5. The molecule has 2 aromatic carbocycles. The van der Waals surface area contributed by atoms with Gasteiger partial charge in [-0.25, -0.2) is 4.79 Å². The number of hydrogen-bond acceptors (Lipinski definition) is 4. The first-order chi connectivity index (χ1) is 13.6. The molecular formula is C21H23N3O3S. The number of thiocarbonyl (C=S) groups is 1. The van der Waals surface area contributed by atoms with E-state index in [-0.39, 0.29) is 5.97 Å². The van der Waals surface area contributed by atoms with Crippen molar-refractivity contribution in [1.29, 1.82) is 0 Å². The highest BCUT2D eigenvalue weighted by molar-refractivity contribution is 7.80. The molecule has 1 aromatic heterocycles. The van der Waals surface area contributed by atoms with E-state index in [2.05, 4.69) is 15.6 Å². The van der Waals surface area contributed by atoms with E-state index in [1.165, 1.54) is 0 Å². The number of anilines is 1. The zero-order valence-corrected chi connectivity index (χ0v) is 16.7. The number of aromatic amines is 1. The molecule has 1 heterocycles. The Morgan fingerprint density at radius 3 is 2.68 bits per heavy atom. The predicted octanol–water partition coefficient (Wildman–Crippen LogP) is 3.88. The van der Waals surface area contributed by atoms with Crippen molar-refractivity contribution in [2.75, 3.05) is 25.6 Å². The molecule has 6 nitrogen and oxygen atoms in total. The number of fused-ring (bicyclic) bond motifs is 1. The van der Waals surface area contributed by atoms with Gasteiger partial charge in [0.2, 0.25) is 0 Å². The molecule has 0 aliphatic rings. The van der Waals surface area contributed by atoms with Crippen LogP contribution in [0.15, 0.2) is 48.5 Å². The van der Waals surface area contributed by atoms with E-state index in [0.717, 1.165) is 27.9 Å². The van der Waals surface area contributed by atoms with Crippen LogP contribution in [0.4, 0.5) is 5.69 Å². The van der Waals surface area contributed by atoms with Gasteiger partial charge >= 0.3 is 5.97 Å². The number of para-hydroxylation sites is 1. The summed E-state index contributed by atoms with van der Waals surface area (Å²) >= 11 is 5.35. The molecule has 0 aliphatic carbocycles. The van der Waals surface area contributed by atoms with Crippen LogP contribution in [0.2, 0.25) is 0 Å². The molecule has 146 valence electrons. The van der Waals surface area contributed by atoms with Crippen LogP contribution in [0.1, 0.15) is 23.0 Å². The molecule has 0 radical (unpaired) electrons. The molecular weight excluding hydrogens is 374 g/mol. The van der Waals surface area contributed by atoms with E-state index in [0.29, 0.717) is 30.4 Å². The monoisotopic (exact) mass is 397 g/mol. The van der Waals surface area contributed by atoms with Gasteiger partial charge in [0.25, 0.3) is 0 Å². The second-order valence-electron chi connectivity index (χ2n) is 6.11. The third-order valence-corrected chi connectivity index (χ3v) is 4.53. The Morgan fingerprint density at radius 2 is 1.96 bits per heavy atom. The summed E-state index contributed by atoms with van der Waals surface area (Å²) in [7, 11) is 1.62. The standard InChI is InChI=1S/C21H23N3O3S/c1-3-27-20(25)19-16(17-13-15(26-2)9-10-18(17)24-19)11-12-22-21(28)23-14-7-5-4-6-8-14/h4-10,13,24H,3,11-12H2,1-2H3,(H2,22,23,28). The van der Waals surface area contributed by atoms with Crippen LogP contribution >= 0.6 is 12.2 Å². The number of hydrogen-bond donors (Lipinski definition) is 3. The maximum absolute atomic E-state index is 12.4. The van der Waals surface area contributed by atoms with Crippen LogP contribution in [-0.2, 0) is 11.2 Å². The number of carbonyl (C=O) groups excluding carboxylic acids is 1. The number of rotatable bonds is 7. The minimum Gasteiger partial charge on any atom is -0.497 e. The van der Waals surface area contributed by atoms with Crippen LogP contribution < -0.4 is 15.4 Å². The van der Waals surface area contributed by atoms with E-state index in [4.69, 9.17) is 21.7 Å². The van der Waals surface area contributed by atoms with Crippen LogP contribution in [-0.4, -0.2) is 36.3 Å². The zero-order valence-electron chi connectivity index (χ0n) is 15.9. The highest BCUT2D eigenvalue weighted by atomic mass is 32.1. The average molecular weight is 398 g/mol. The maximum atomic E-state index is 12.4. The van der Waals surface area contributed by atoms with Crippen LogP contribution in [0.5, 0.6) is 5.75 Å². The minimum atomic E-state index is -0.363. The number of H-pyrrole nitrogens is 1. The lowest BCUT2D eigenvalue weighted by Crippen LogP contribution is -2.30. The van der Waals surface area contributed by atoms with E-state index in [1.54, 1.807) is 14.0 Å². The molecule has 3 N–H and O–H groups in total. The Kier molecular flexibility index (Phi) is 6.49. The summed E-state index contributed by atoms with van der Waals surface area (Å²) in [5.74, 6) is 0.370. The van der Waals surface area contributed by atoms with Gasteiger partial charge in [0.15, 0.2) is 5.11 Å². The second-order valence-corrected chi connectivity index (χ2v) is 6.52. The quantitative estimate of drug-likeness (QED) is 0.415. The molecule has 0 aliphatic heterocycles. The first-order valence-electron chi connectivity index (χ1n) is 9.08. The smallest absolute Gasteiger partial charge is 0.355 e. The lowest BCUT2D eigenvalue weighted by Gasteiger charge is -2.11. The molecule has 0 bridgehead atoms. The number of methoxy groups -OCH3 is 1. The molecule has 0 saturated heterocycles. The van der Waals surface area contributed by atoms with E-state index >= 15 is 0 Å². The second kappa shape index (κ2) is 9.23. The highest BCUT2D eigenvalue weighted by Crippen LogP contribution is 2.27. The average Bonchev–Trinajstić information content (AvgIpc) is 3.07. The van der Waals surface area contributed by atoms with Gasteiger partial charge in [-0.3, -0.25) is 0 Å². The molecule has 0 spiro atoms. The Labute approximate surface area is 169 Å². The van der Waals surface area contributed by atoms with Crippen molar-refractivity contribution in [3.8, 4) is 5.75 Å². The van der Waals surface area contributed by atoms with Crippen molar-refractivity contribution in [2.24, 2.45) is 0 Å². The van der Waals surface area contributed by atoms with Gasteiger partial charge < -0.3 is 25.1 Å². The van der Waals surface area contributed by atoms with Gasteiger partial charge in [-0.15, -0.1) is 0 Å². The normalized spacial score (nSPS) is 10.5. The van der Waals surface area contributed by atoms with Crippen molar-refractivity contribution < 1.29 is 14.3 Å². The molecule has 3 rings (SSSR count). The third kappa shape index (κ3) is 4.61. The summed E-state index contributed by atoms with van der Waals surface area (Å²) in [4.78, 5) is 15.6. The van der Waals surface area contributed by atoms with Gasteiger partial charge in [0, 0.05) is 23.1 Å². The van der Waals surface area contributed by atoms with Gasteiger partial charge in [-0.1, -0.05) is 18.2 Å². The zero-order chi connectivity index (χ0) is 19.9. The molecule has 7 heteroatoms. The summed E-state index contributed by atoms with van der Waals surface area (Å²) in [5, 5.41) is 7.79. The van der Waals surface area contributed by atoms with Crippen molar-refractivity contribution in [2.45, 2.75) is 13.3 Å². The number of nitrogens with one attached hydrogen (secondary N) is 3. The van der Waals surface area contributed by atoms with E-state index in [1.807, 2.05) is 48.5 Å². The lowest BCUT2D eigenvalue weighted by atomic mass is 10.1. The summed E-state index contributed by atoms with van der Waals surface area (Å²) in [6.45, 7) is 2.67. The summed E-state index contributed by atoms with van der Waals surface area (Å²) in [6, 6.07) is 15.4. The van der Waals surface area contributed by atoms with Crippen LogP contribution in [0.3, 0.4) is 0 Å². The Bertz CT molecular complexity index is 970. The molecule has 0 atom stereocenters. The number of aromatic nitrogens is 1. The Balaban J connectivity index is 1.75. The van der Waals surface area contributed by atoms with Crippen LogP contribution in [0.25, 0.3) is 10.9 Å². The Hall–Kier alpha value is -3.06. The summed E-state index contributed by atoms with van der Waals surface area (Å²) in [5.41, 5.74) is 3.13. The predicted molar refractivity (Wildman–Crippen MR) is 115 cm³/mol. The van der Waals surface area contributed by atoms with Crippen LogP contribution in [0, 0.1) is 0 Å². The number of ether oxygens (including phenoxy) is 2. The number of esters is 1. The third-order valence-electron chi connectivity index (χ3n) is 4.29. The molecule has 28 heavy (non-hydrogen) atoms. The fraction of sp³-hybridized carbons (Fsp3) is 0.238.